The predicted molar refractivity (Wildman–Crippen MR) is 90.1 cm³/mol. The zero-order chi connectivity index (χ0) is 15.2. The summed E-state index contributed by atoms with van der Waals surface area (Å²) in [5, 5.41) is 6.97. The van der Waals surface area contributed by atoms with Crippen molar-refractivity contribution in [3.8, 4) is 0 Å². The molecule has 0 radical (unpaired) electrons. The highest BCUT2D eigenvalue weighted by Crippen LogP contribution is 2.39. The van der Waals surface area contributed by atoms with Gasteiger partial charge in [0, 0.05) is 24.1 Å². The summed E-state index contributed by atoms with van der Waals surface area (Å²) in [6.45, 7) is 9.61. The van der Waals surface area contributed by atoms with Crippen molar-refractivity contribution in [2.45, 2.75) is 78.2 Å². The number of unbranched alkanes of at least 4 members (excludes halogenated alkanes) is 2. The molecule has 4 heteroatoms. The molecule has 1 unspecified atom stereocenters. The highest BCUT2D eigenvalue weighted by molar-refractivity contribution is 5.58. The highest BCUT2D eigenvalue weighted by atomic mass is 15.1. The highest BCUT2D eigenvalue weighted by Gasteiger charge is 2.28. The van der Waals surface area contributed by atoms with E-state index in [1.807, 2.05) is 0 Å². The van der Waals surface area contributed by atoms with Crippen LogP contribution in [-0.4, -0.2) is 22.6 Å². The second-order valence-corrected chi connectivity index (χ2v) is 6.25. The van der Waals surface area contributed by atoms with E-state index in [9.17, 15) is 0 Å². The predicted octanol–water partition coefficient (Wildman–Crippen LogP) is 4.47. The number of aromatic nitrogens is 2. The Morgan fingerprint density at radius 3 is 2.48 bits per heavy atom. The van der Waals surface area contributed by atoms with Crippen LogP contribution in [0.4, 0.5) is 11.6 Å². The topological polar surface area (TPSA) is 49.8 Å². The Hall–Kier alpha value is -1.32. The molecular weight excluding hydrogens is 260 g/mol. The Kier molecular flexibility index (Phi) is 5.83. The van der Waals surface area contributed by atoms with E-state index in [-0.39, 0.29) is 0 Å². The lowest BCUT2D eigenvalue weighted by Gasteiger charge is -2.19. The van der Waals surface area contributed by atoms with Gasteiger partial charge in [-0.2, -0.15) is 0 Å². The SMILES string of the molecule is CCCCCC(C)Nc1nc(C2CC2)nc(NCC)c1C. The Morgan fingerprint density at radius 2 is 1.86 bits per heavy atom. The maximum atomic E-state index is 4.78. The lowest BCUT2D eigenvalue weighted by Crippen LogP contribution is -2.18. The van der Waals surface area contributed by atoms with E-state index >= 15 is 0 Å². The monoisotopic (exact) mass is 290 g/mol. The van der Waals surface area contributed by atoms with Crippen molar-refractivity contribution in [3.63, 3.8) is 0 Å². The van der Waals surface area contributed by atoms with Crippen molar-refractivity contribution in [3.05, 3.63) is 11.4 Å². The maximum absolute atomic E-state index is 4.78. The van der Waals surface area contributed by atoms with Gasteiger partial charge in [-0.15, -0.1) is 0 Å². The van der Waals surface area contributed by atoms with Gasteiger partial charge in [-0.3, -0.25) is 0 Å². The number of rotatable bonds is 9. The third-order valence-corrected chi connectivity index (χ3v) is 4.07. The van der Waals surface area contributed by atoms with Gasteiger partial charge in [0.2, 0.25) is 0 Å². The van der Waals surface area contributed by atoms with Crippen LogP contribution >= 0.6 is 0 Å². The quantitative estimate of drug-likeness (QED) is 0.659. The molecule has 4 nitrogen and oxygen atoms in total. The largest absolute Gasteiger partial charge is 0.370 e. The summed E-state index contributed by atoms with van der Waals surface area (Å²) in [6.07, 6.45) is 7.54. The molecule has 1 heterocycles. The molecule has 1 atom stereocenters. The molecule has 2 rings (SSSR count). The number of nitrogens with one attached hydrogen (secondary N) is 2. The van der Waals surface area contributed by atoms with E-state index in [1.54, 1.807) is 0 Å². The van der Waals surface area contributed by atoms with Crippen molar-refractivity contribution < 1.29 is 0 Å². The fourth-order valence-corrected chi connectivity index (χ4v) is 2.54. The Balaban J connectivity index is 2.09. The fraction of sp³-hybridized carbons (Fsp3) is 0.765. The lowest BCUT2D eigenvalue weighted by atomic mass is 10.1. The smallest absolute Gasteiger partial charge is 0.136 e. The normalized spacial score (nSPS) is 15.8. The summed E-state index contributed by atoms with van der Waals surface area (Å²) in [6, 6.07) is 0.465. The molecular formula is C17H30N4. The number of anilines is 2. The lowest BCUT2D eigenvalue weighted by molar-refractivity contribution is 0.613. The van der Waals surface area contributed by atoms with E-state index < -0.39 is 0 Å². The Labute approximate surface area is 129 Å². The standard InChI is InChI=1S/C17H30N4/c1-5-7-8-9-12(3)19-16-13(4)15(18-6-2)20-17(21-16)14-10-11-14/h12,14H,5-11H2,1-4H3,(H2,18,19,20,21). The van der Waals surface area contributed by atoms with E-state index in [2.05, 4.69) is 38.3 Å². The zero-order valence-electron chi connectivity index (χ0n) is 14.0. The van der Waals surface area contributed by atoms with Gasteiger partial charge in [-0.25, -0.2) is 9.97 Å². The molecule has 2 N–H and O–H groups in total. The van der Waals surface area contributed by atoms with Gasteiger partial charge in [0.05, 0.1) is 0 Å². The Bertz CT molecular complexity index is 454. The molecule has 0 bridgehead atoms. The first-order valence-corrected chi connectivity index (χ1v) is 8.54. The first-order valence-electron chi connectivity index (χ1n) is 8.54. The van der Waals surface area contributed by atoms with Crippen molar-refractivity contribution in [1.82, 2.24) is 9.97 Å². The molecule has 1 aliphatic carbocycles. The summed E-state index contributed by atoms with van der Waals surface area (Å²) in [4.78, 5) is 9.49. The summed E-state index contributed by atoms with van der Waals surface area (Å²) in [7, 11) is 0. The molecule has 1 aromatic heterocycles. The molecule has 21 heavy (non-hydrogen) atoms. The molecule has 118 valence electrons. The third kappa shape index (κ3) is 4.58. The molecule has 1 aromatic rings. The van der Waals surface area contributed by atoms with Crippen LogP contribution in [0.1, 0.15) is 76.6 Å². The fourth-order valence-electron chi connectivity index (χ4n) is 2.54. The van der Waals surface area contributed by atoms with Crippen LogP contribution in [0.5, 0.6) is 0 Å². The molecule has 1 fully saturated rings. The molecule has 0 spiro atoms. The van der Waals surface area contributed by atoms with Gasteiger partial charge in [-0.1, -0.05) is 26.2 Å². The number of hydrogen-bond acceptors (Lipinski definition) is 4. The first-order chi connectivity index (χ1) is 10.2. The van der Waals surface area contributed by atoms with E-state index in [0.717, 1.165) is 29.6 Å². The average Bonchev–Trinajstić information content (AvgIpc) is 3.28. The minimum atomic E-state index is 0.465. The van der Waals surface area contributed by atoms with Crippen LogP contribution in [0.25, 0.3) is 0 Å². The zero-order valence-corrected chi connectivity index (χ0v) is 14.0. The summed E-state index contributed by atoms with van der Waals surface area (Å²) in [5.74, 6) is 3.61. The number of hydrogen-bond donors (Lipinski definition) is 2. The second kappa shape index (κ2) is 7.62. The van der Waals surface area contributed by atoms with Crippen LogP contribution in [0.3, 0.4) is 0 Å². The van der Waals surface area contributed by atoms with Crippen LogP contribution in [-0.2, 0) is 0 Å². The van der Waals surface area contributed by atoms with Crippen LogP contribution < -0.4 is 10.6 Å². The van der Waals surface area contributed by atoms with E-state index in [0.29, 0.717) is 12.0 Å². The van der Waals surface area contributed by atoms with Crippen LogP contribution in [0.15, 0.2) is 0 Å². The molecule has 1 saturated carbocycles. The van der Waals surface area contributed by atoms with Gasteiger partial charge >= 0.3 is 0 Å². The van der Waals surface area contributed by atoms with E-state index in [1.165, 1.54) is 38.5 Å². The summed E-state index contributed by atoms with van der Waals surface area (Å²) in [5.41, 5.74) is 1.14. The molecule has 1 aliphatic rings. The van der Waals surface area contributed by atoms with Gasteiger partial charge in [0.25, 0.3) is 0 Å². The first kappa shape index (κ1) is 16.1. The van der Waals surface area contributed by atoms with Gasteiger partial charge in [-0.05, 0) is 40.0 Å². The molecule has 0 aliphatic heterocycles. The second-order valence-electron chi connectivity index (χ2n) is 6.25. The maximum Gasteiger partial charge on any atom is 0.136 e. The Morgan fingerprint density at radius 1 is 1.14 bits per heavy atom. The van der Waals surface area contributed by atoms with Gasteiger partial charge in [0.15, 0.2) is 0 Å². The minimum Gasteiger partial charge on any atom is -0.370 e. The van der Waals surface area contributed by atoms with Crippen molar-refractivity contribution in [1.29, 1.82) is 0 Å². The van der Waals surface area contributed by atoms with Crippen molar-refractivity contribution >= 4 is 11.6 Å². The van der Waals surface area contributed by atoms with Gasteiger partial charge < -0.3 is 10.6 Å². The summed E-state index contributed by atoms with van der Waals surface area (Å²) >= 11 is 0. The van der Waals surface area contributed by atoms with E-state index in [4.69, 9.17) is 9.97 Å². The molecule has 0 aromatic carbocycles. The van der Waals surface area contributed by atoms with Crippen LogP contribution in [0.2, 0.25) is 0 Å². The van der Waals surface area contributed by atoms with Gasteiger partial charge in [0.1, 0.15) is 17.5 Å². The molecule has 0 saturated heterocycles. The van der Waals surface area contributed by atoms with Crippen molar-refractivity contribution in [2.24, 2.45) is 0 Å². The average molecular weight is 290 g/mol. The van der Waals surface area contributed by atoms with Crippen molar-refractivity contribution in [2.75, 3.05) is 17.2 Å². The summed E-state index contributed by atoms with van der Waals surface area (Å²) < 4.78 is 0. The number of nitrogens with zero attached hydrogens (tertiary/aromatic N) is 2. The van der Waals surface area contributed by atoms with Crippen LogP contribution in [0, 0.1) is 6.92 Å². The third-order valence-electron chi connectivity index (χ3n) is 4.07. The minimum absolute atomic E-state index is 0.465. The molecule has 0 amide bonds.